The van der Waals surface area contributed by atoms with Crippen LogP contribution in [-0.4, -0.2) is 40.5 Å². The zero-order chi connectivity index (χ0) is 29.0. The molecule has 0 atom stereocenters. The van der Waals surface area contributed by atoms with Crippen LogP contribution in [-0.2, 0) is 16.2 Å². The number of carbonyl (C=O) groups is 3. The van der Waals surface area contributed by atoms with Crippen molar-refractivity contribution in [3.05, 3.63) is 98.2 Å². The van der Waals surface area contributed by atoms with Gasteiger partial charge in [-0.2, -0.15) is 0 Å². The minimum atomic E-state index is -1.77. The van der Waals surface area contributed by atoms with E-state index in [4.69, 9.17) is 9.47 Å². The Labute approximate surface area is 228 Å². The lowest BCUT2D eigenvalue weighted by molar-refractivity contribution is -0.384. The third-order valence-corrected chi connectivity index (χ3v) is 6.42. The van der Waals surface area contributed by atoms with Gasteiger partial charge in [0.05, 0.1) is 22.6 Å². The van der Waals surface area contributed by atoms with Gasteiger partial charge in [-0.25, -0.2) is 13.2 Å². The molecular formula is C26H18F3N3O7S. The van der Waals surface area contributed by atoms with Crippen molar-refractivity contribution in [1.29, 1.82) is 0 Å². The highest BCUT2D eigenvalue weighted by molar-refractivity contribution is 8.18. The van der Waals surface area contributed by atoms with Crippen LogP contribution in [0.5, 0.6) is 11.5 Å². The summed E-state index contributed by atoms with van der Waals surface area (Å²) in [5, 5.41) is 12.0. The summed E-state index contributed by atoms with van der Waals surface area (Å²) >= 11 is 0.576. The Morgan fingerprint density at radius 2 is 1.77 bits per heavy atom. The highest BCUT2D eigenvalue weighted by atomic mass is 32.2. The Morgan fingerprint density at radius 1 is 1.05 bits per heavy atom. The molecule has 1 saturated heterocycles. The number of benzene rings is 3. The molecule has 3 aromatic rings. The van der Waals surface area contributed by atoms with Gasteiger partial charge in [-0.05, 0) is 65.4 Å². The Morgan fingerprint density at radius 3 is 2.45 bits per heavy atom. The minimum Gasteiger partial charge on any atom is -0.493 e. The lowest BCUT2D eigenvalue weighted by Crippen LogP contribution is -2.36. The van der Waals surface area contributed by atoms with E-state index >= 15 is 0 Å². The summed E-state index contributed by atoms with van der Waals surface area (Å²) in [5.41, 5.74) is 0.461. The molecule has 0 bridgehead atoms. The van der Waals surface area contributed by atoms with Crippen LogP contribution in [0.25, 0.3) is 6.08 Å². The molecule has 0 aromatic heterocycles. The average Bonchev–Trinajstić information content (AvgIpc) is 3.19. The molecule has 3 aromatic carbocycles. The number of carbonyl (C=O) groups excluding carboxylic acids is 3. The Bertz CT molecular complexity index is 1550. The normalized spacial score (nSPS) is 14.0. The molecule has 0 aliphatic carbocycles. The number of nitrogens with one attached hydrogen (secondary N) is 1. The number of amides is 3. The molecule has 1 N–H and O–H groups in total. The number of hydrogen-bond acceptors (Lipinski definition) is 8. The molecule has 4 rings (SSSR count). The maximum absolute atomic E-state index is 13.8. The fourth-order valence-electron chi connectivity index (χ4n) is 3.51. The number of hydrogen-bond donors (Lipinski definition) is 1. The van der Waals surface area contributed by atoms with Crippen LogP contribution in [0.2, 0.25) is 0 Å². The number of nitrogens with zero attached hydrogens (tertiary/aromatic N) is 2. The Kier molecular flexibility index (Phi) is 8.38. The van der Waals surface area contributed by atoms with Crippen molar-refractivity contribution in [2.24, 2.45) is 0 Å². The van der Waals surface area contributed by atoms with Gasteiger partial charge in [0, 0.05) is 12.1 Å². The smallest absolute Gasteiger partial charge is 0.294 e. The van der Waals surface area contributed by atoms with Crippen LogP contribution in [0.1, 0.15) is 11.1 Å². The largest absolute Gasteiger partial charge is 0.493 e. The molecule has 3 amide bonds. The van der Waals surface area contributed by atoms with E-state index in [1.165, 1.54) is 25.3 Å². The summed E-state index contributed by atoms with van der Waals surface area (Å²) in [4.78, 5) is 48.3. The lowest BCUT2D eigenvalue weighted by Gasteiger charge is -2.13. The molecule has 0 saturated carbocycles. The summed E-state index contributed by atoms with van der Waals surface area (Å²) in [7, 11) is 1.40. The van der Waals surface area contributed by atoms with Crippen molar-refractivity contribution in [2.45, 2.75) is 6.61 Å². The molecule has 0 radical (unpaired) electrons. The summed E-state index contributed by atoms with van der Waals surface area (Å²) in [6.45, 7) is -0.678. The van der Waals surface area contributed by atoms with Gasteiger partial charge in [0.15, 0.2) is 29.0 Å². The molecule has 0 unspecified atom stereocenters. The van der Waals surface area contributed by atoms with Crippen molar-refractivity contribution >= 4 is 46.3 Å². The highest BCUT2D eigenvalue weighted by Crippen LogP contribution is 2.35. The third-order valence-electron chi connectivity index (χ3n) is 5.51. The van der Waals surface area contributed by atoms with Crippen LogP contribution in [0.15, 0.2) is 59.5 Å². The zero-order valence-electron chi connectivity index (χ0n) is 20.5. The quantitative estimate of drug-likeness (QED) is 0.159. The molecule has 1 aliphatic heterocycles. The predicted octanol–water partition coefficient (Wildman–Crippen LogP) is 5.27. The Hall–Kier alpha value is -4.85. The van der Waals surface area contributed by atoms with Gasteiger partial charge >= 0.3 is 0 Å². The van der Waals surface area contributed by atoms with Gasteiger partial charge in [0.1, 0.15) is 13.2 Å². The zero-order valence-corrected chi connectivity index (χ0v) is 21.3. The standard InChI is InChI=1S/C26H18F3N3O7S/c1-38-20-10-15(4-9-19(20)39-13-14-2-5-16(6-3-14)32(36)37)11-21-25(34)31(26(35)40-21)12-22(33)30-18-8-7-17(27)23(28)24(18)29/h2-11H,12-13H2,1H3,(H,30,33)/b21-11+. The molecule has 40 heavy (non-hydrogen) atoms. The first kappa shape index (κ1) is 28.2. The molecule has 1 aliphatic rings. The highest BCUT2D eigenvalue weighted by Gasteiger charge is 2.36. The molecule has 14 heteroatoms. The van der Waals surface area contributed by atoms with Crippen LogP contribution in [0.3, 0.4) is 0 Å². The number of non-ortho nitro benzene ring substituents is 1. The van der Waals surface area contributed by atoms with Crippen molar-refractivity contribution in [3.63, 3.8) is 0 Å². The van der Waals surface area contributed by atoms with Crippen molar-refractivity contribution in [2.75, 3.05) is 19.0 Å². The first-order valence-corrected chi connectivity index (χ1v) is 12.1. The number of ether oxygens (including phenoxy) is 2. The second-order valence-electron chi connectivity index (χ2n) is 8.16. The first-order chi connectivity index (χ1) is 19.1. The van der Waals surface area contributed by atoms with E-state index in [-0.39, 0.29) is 17.2 Å². The number of nitro groups is 1. The SMILES string of the molecule is COc1cc(/C=C2/SC(=O)N(CC(=O)Nc3ccc(F)c(F)c3F)C2=O)ccc1OCc1ccc([N+](=O)[O-])cc1. The average molecular weight is 574 g/mol. The van der Waals surface area contributed by atoms with Crippen molar-refractivity contribution < 1.29 is 42.0 Å². The van der Waals surface area contributed by atoms with Crippen LogP contribution < -0.4 is 14.8 Å². The summed E-state index contributed by atoms with van der Waals surface area (Å²) in [5.74, 6) is -5.94. The monoisotopic (exact) mass is 573 g/mol. The summed E-state index contributed by atoms with van der Waals surface area (Å²) in [6.07, 6.45) is 1.40. The number of methoxy groups -OCH3 is 1. The van der Waals surface area contributed by atoms with Crippen LogP contribution >= 0.6 is 11.8 Å². The number of rotatable bonds is 9. The number of imide groups is 1. The van der Waals surface area contributed by atoms with Gasteiger partial charge in [-0.15, -0.1) is 0 Å². The molecule has 206 valence electrons. The third kappa shape index (κ3) is 6.23. The lowest BCUT2D eigenvalue weighted by atomic mass is 10.1. The Balaban J connectivity index is 1.42. The molecule has 0 spiro atoms. The maximum atomic E-state index is 13.8. The van der Waals surface area contributed by atoms with E-state index in [9.17, 15) is 37.7 Å². The van der Waals surface area contributed by atoms with E-state index in [1.807, 2.05) is 5.32 Å². The number of nitro benzene ring substituents is 1. The first-order valence-electron chi connectivity index (χ1n) is 11.3. The van der Waals surface area contributed by atoms with E-state index in [2.05, 4.69) is 0 Å². The summed E-state index contributed by atoms with van der Waals surface area (Å²) in [6, 6.07) is 12.0. The fourth-order valence-corrected chi connectivity index (χ4v) is 4.35. The van der Waals surface area contributed by atoms with Crippen LogP contribution in [0, 0.1) is 27.6 Å². The number of halogens is 3. The van der Waals surface area contributed by atoms with Gasteiger partial charge in [-0.3, -0.25) is 29.4 Å². The van der Waals surface area contributed by atoms with E-state index < -0.39 is 51.7 Å². The summed E-state index contributed by atoms with van der Waals surface area (Å²) < 4.78 is 51.4. The second-order valence-corrected chi connectivity index (χ2v) is 9.15. The molecular weight excluding hydrogens is 555 g/mol. The number of thioether (sulfide) groups is 1. The topological polar surface area (TPSA) is 128 Å². The van der Waals surface area contributed by atoms with Gasteiger partial charge in [-0.1, -0.05) is 6.07 Å². The molecule has 1 heterocycles. The molecule has 10 nitrogen and oxygen atoms in total. The van der Waals surface area contributed by atoms with E-state index in [1.54, 1.807) is 30.3 Å². The van der Waals surface area contributed by atoms with E-state index in [0.717, 1.165) is 6.07 Å². The predicted molar refractivity (Wildman–Crippen MR) is 138 cm³/mol. The fraction of sp³-hybridized carbons (Fsp3) is 0.115. The minimum absolute atomic E-state index is 0.00147. The number of anilines is 1. The maximum Gasteiger partial charge on any atom is 0.294 e. The van der Waals surface area contributed by atoms with Gasteiger partial charge < -0.3 is 14.8 Å². The van der Waals surface area contributed by atoms with Crippen LogP contribution in [0.4, 0.5) is 29.3 Å². The molecule has 1 fully saturated rings. The van der Waals surface area contributed by atoms with Crippen molar-refractivity contribution in [3.8, 4) is 11.5 Å². The van der Waals surface area contributed by atoms with Gasteiger partial charge in [0.25, 0.3) is 16.8 Å². The second kappa shape index (κ2) is 11.9. The van der Waals surface area contributed by atoms with Gasteiger partial charge in [0.2, 0.25) is 5.91 Å². The van der Waals surface area contributed by atoms with E-state index in [0.29, 0.717) is 45.4 Å². The van der Waals surface area contributed by atoms with Crippen molar-refractivity contribution in [1.82, 2.24) is 4.90 Å².